The number of carboxylic acid groups (broad SMARTS) is 2. The molecule has 0 bridgehead atoms. The predicted octanol–water partition coefficient (Wildman–Crippen LogP) is 2.15. The average Bonchev–Trinajstić information content (AvgIpc) is 2.65. The van der Waals surface area contributed by atoms with Crippen molar-refractivity contribution in [1.29, 1.82) is 0 Å². The van der Waals surface area contributed by atoms with Crippen molar-refractivity contribution < 1.29 is 37.5 Å². The van der Waals surface area contributed by atoms with Crippen molar-refractivity contribution in [3.63, 3.8) is 0 Å². The van der Waals surface area contributed by atoms with Crippen LogP contribution in [0.25, 0.3) is 0 Å². The molecule has 0 aromatic carbocycles. The molecule has 1 fully saturated rings. The van der Waals surface area contributed by atoms with Crippen molar-refractivity contribution in [2.45, 2.75) is 57.5 Å². The molecule has 8 nitrogen and oxygen atoms in total. The largest absolute Gasteiger partial charge is 0.481 e. The molecule has 0 aliphatic heterocycles. The van der Waals surface area contributed by atoms with Crippen LogP contribution < -0.4 is 0 Å². The first kappa shape index (κ1) is 27.4. The van der Waals surface area contributed by atoms with Crippen LogP contribution in [0.3, 0.4) is 0 Å². The highest BCUT2D eigenvalue weighted by Gasteiger charge is 2.20. The van der Waals surface area contributed by atoms with E-state index in [0.29, 0.717) is 0 Å². The molecule has 156 valence electrons. The van der Waals surface area contributed by atoms with Crippen molar-refractivity contribution in [3.8, 4) is 0 Å². The SMILES string of the molecule is CO[SiH](C)OC.CO[SiH](CC1CCCCC1)OC.O=C(O)CCC(=O)O. The van der Waals surface area contributed by atoms with Crippen molar-refractivity contribution in [3.05, 3.63) is 0 Å². The molecule has 0 amide bonds. The van der Waals surface area contributed by atoms with Crippen molar-refractivity contribution in [2.24, 2.45) is 5.92 Å². The fourth-order valence-electron chi connectivity index (χ4n) is 2.29. The Morgan fingerprint density at radius 3 is 1.54 bits per heavy atom. The molecule has 0 unspecified atom stereocenters. The number of carbonyl (C=O) groups is 2. The van der Waals surface area contributed by atoms with Crippen LogP contribution in [0, 0.1) is 5.92 Å². The van der Waals surface area contributed by atoms with E-state index < -0.39 is 30.5 Å². The van der Waals surface area contributed by atoms with Crippen molar-refractivity contribution >= 4 is 30.5 Å². The predicted molar refractivity (Wildman–Crippen MR) is 104 cm³/mol. The normalized spacial score (nSPS) is 14.3. The summed E-state index contributed by atoms with van der Waals surface area (Å²) in [5.74, 6) is -1.25. The minimum absolute atomic E-state index is 0.296. The third-order valence-corrected chi connectivity index (χ3v) is 7.42. The van der Waals surface area contributed by atoms with E-state index in [0.717, 1.165) is 5.92 Å². The Morgan fingerprint density at radius 1 is 0.846 bits per heavy atom. The molecule has 0 radical (unpaired) electrons. The lowest BCUT2D eigenvalue weighted by Crippen LogP contribution is -2.23. The van der Waals surface area contributed by atoms with Gasteiger partial charge in [0.25, 0.3) is 0 Å². The first-order valence-electron chi connectivity index (χ1n) is 8.85. The van der Waals surface area contributed by atoms with Gasteiger partial charge in [-0.1, -0.05) is 32.1 Å². The molecule has 1 rings (SSSR count). The minimum atomic E-state index is -1.27. The van der Waals surface area contributed by atoms with Gasteiger partial charge in [0.1, 0.15) is 0 Å². The molecule has 0 heterocycles. The summed E-state index contributed by atoms with van der Waals surface area (Å²) in [7, 11) is 4.47. The lowest BCUT2D eigenvalue weighted by Gasteiger charge is -2.23. The standard InChI is InChI=1S/C9H20O2Si.C4H6O4.C3H10O2Si/c1-10-12(11-2)8-9-6-4-3-5-7-9;5-3(6)1-2-4(7)8;1-4-6(3)5-2/h9,12H,3-8H2,1-2H3;1-2H2,(H,5,6)(H,7,8);6H,1-3H3. The maximum absolute atomic E-state index is 9.64. The molecule has 10 heteroatoms. The van der Waals surface area contributed by atoms with E-state index in [9.17, 15) is 9.59 Å². The molecule has 0 aromatic rings. The maximum Gasteiger partial charge on any atom is 0.321 e. The summed E-state index contributed by atoms with van der Waals surface area (Å²) >= 11 is 0. The van der Waals surface area contributed by atoms with Gasteiger partial charge in [-0.05, 0) is 18.5 Å². The van der Waals surface area contributed by atoms with Crippen LogP contribution in [-0.2, 0) is 27.3 Å². The number of hydrogen-bond acceptors (Lipinski definition) is 6. The van der Waals surface area contributed by atoms with Gasteiger partial charge in [0.05, 0.1) is 12.8 Å². The first-order valence-corrected chi connectivity index (χ1v) is 12.7. The summed E-state index contributed by atoms with van der Waals surface area (Å²) in [5.41, 5.74) is 0. The molecule has 0 aromatic heterocycles. The summed E-state index contributed by atoms with van der Waals surface area (Å²) in [6.45, 7) is 1.97. The Balaban J connectivity index is 0. The summed E-state index contributed by atoms with van der Waals surface area (Å²) in [4.78, 5) is 19.3. The van der Waals surface area contributed by atoms with Crippen LogP contribution in [-0.4, -0.2) is 69.2 Å². The van der Waals surface area contributed by atoms with E-state index in [1.807, 2.05) is 6.55 Å². The zero-order chi connectivity index (χ0) is 20.4. The van der Waals surface area contributed by atoms with Crippen molar-refractivity contribution in [2.75, 3.05) is 28.4 Å². The van der Waals surface area contributed by atoms with E-state index in [1.54, 1.807) is 28.4 Å². The molecule has 26 heavy (non-hydrogen) atoms. The molecule has 1 aliphatic rings. The van der Waals surface area contributed by atoms with Crippen LogP contribution in [0.15, 0.2) is 0 Å². The van der Waals surface area contributed by atoms with Gasteiger partial charge in [-0.25, -0.2) is 0 Å². The number of carboxylic acids is 2. The Hall–Kier alpha value is -0.786. The second-order valence-corrected chi connectivity index (χ2v) is 10.3. The minimum Gasteiger partial charge on any atom is -0.481 e. The quantitative estimate of drug-likeness (QED) is 0.554. The number of hydrogen-bond donors (Lipinski definition) is 2. The summed E-state index contributed by atoms with van der Waals surface area (Å²) in [6.07, 6.45) is 6.47. The Morgan fingerprint density at radius 2 is 1.27 bits per heavy atom. The molecule has 0 saturated heterocycles. The van der Waals surface area contributed by atoms with E-state index in [1.165, 1.54) is 38.1 Å². The smallest absolute Gasteiger partial charge is 0.321 e. The van der Waals surface area contributed by atoms with E-state index in [2.05, 4.69) is 0 Å². The fraction of sp³-hybridized carbons (Fsp3) is 0.875. The Kier molecular flexibility index (Phi) is 20.0. The van der Waals surface area contributed by atoms with Gasteiger partial charge in [-0.2, -0.15) is 0 Å². The molecular weight excluding hydrogens is 376 g/mol. The third kappa shape index (κ3) is 19.5. The zero-order valence-electron chi connectivity index (χ0n) is 16.7. The van der Waals surface area contributed by atoms with Crippen molar-refractivity contribution in [1.82, 2.24) is 0 Å². The molecule has 0 spiro atoms. The van der Waals surface area contributed by atoms with E-state index in [4.69, 9.17) is 27.9 Å². The second-order valence-electron chi connectivity index (χ2n) is 5.97. The Labute approximate surface area is 160 Å². The lowest BCUT2D eigenvalue weighted by molar-refractivity contribution is -0.143. The van der Waals surface area contributed by atoms with Gasteiger partial charge in [0.2, 0.25) is 0 Å². The molecule has 0 atom stereocenters. The molecular formula is C16H36O8Si2. The highest BCUT2D eigenvalue weighted by atomic mass is 28.3. The van der Waals surface area contributed by atoms with Crippen LogP contribution in [0.1, 0.15) is 44.9 Å². The fourth-order valence-corrected chi connectivity index (χ4v) is 4.08. The maximum atomic E-state index is 9.64. The van der Waals surface area contributed by atoms with E-state index in [-0.39, 0.29) is 12.8 Å². The zero-order valence-corrected chi connectivity index (χ0v) is 19.0. The average molecular weight is 413 g/mol. The van der Waals surface area contributed by atoms with Gasteiger partial charge in [0.15, 0.2) is 0 Å². The monoisotopic (exact) mass is 412 g/mol. The first-order chi connectivity index (χ1) is 12.3. The summed E-state index contributed by atoms with van der Waals surface area (Å²) < 4.78 is 20.3. The van der Waals surface area contributed by atoms with Crippen LogP contribution in [0.2, 0.25) is 12.6 Å². The van der Waals surface area contributed by atoms with Crippen LogP contribution in [0.4, 0.5) is 0 Å². The summed E-state index contributed by atoms with van der Waals surface area (Å²) in [6, 6.07) is 1.22. The van der Waals surface area contributed by atoms with E-state index >= 15 is 0 Å². The lowest BCUT2D eigenvalue weighted by atomic mass is 9.91. The molecule has 2 N–H and O–H groups in total. The topological polar surface area (TPSA) is 112 Å². The van der Waals surface area contributed by atoms with Crippen LogP contribution in [0.5, 0.6) is 0 Å². The summed E-state index contributed by atoms with van der Waals surface area (Å²) in [5, 5.41) is 15.8. The number of aliphatic carboxylic acids is 2. The highest BCUT2D eigenvalue weighted by molar-refractivity contribution is 6.44. The van der Waals surface area contributed by atoms with Gasteiger partial charge in [-0.3, -0.25) is 9.59 Å². The van der Waals surface area contributed by atoms with Gasteiger partial charge < -0.3 is 27.9 Å². The number of rotatable bonds is 9. The Bertz CT molecular complexity index is 329. The van der Waals surface area contributed by atoms with Gasteiger partial charge in [0, 0.05) is 28.4 Å². The molecule has 1 saturated carbocycles. The van der Waals surface area contributed by atoms with Gasteiger partial charge >= 0.3 is 30.5 Å². The molecule has 1 aliphatic carbocycles. The van der Waals surface area contributed by atoms with Crippen LogP contribution >= 0.6 is 0 Å². The van der Waals surface area contributed by atoms with Gasteiger partial charge in [-0.15, -0.1) is 0 Å². The highest BCUT2D eigenvalue weighted by Crippen LogP contribution is 2.27. The second kappa shape index (κ2) is 19.0. The third-order valence-electron chi connectivity index (χ3n) is 3.99.